The van der Waals surface area contributed by atoms with Gasteiger partial charge in [-0.05, 0) is 39.4 Å². The van der Waals surface area contributed by atoms with E-state index in [1.54, 1.807) is 0 Å². The summed E-state index contributed by atoms with van der Waals surface area (Å²) < 4.78 is 10.8. The van der Waals surface area contributed by atoms with Crippen LogP contribution in [-0.2, 0) is 4.74 Å². The van der Waals surface area contributed by atoms with Gasteiger partial charge in [0.05, 0.1) is 0 Å². The molecule has 0 bridgehead atoms. The Kier molecular flexibility index (Phi) is 5.29. The first-order valence-corrected chi connectivity index (χ1v) is 5.67. The molecule has 1 N–H and O–H groups in total. The Morgan fingerprint density at radius 3 is 2.75 bits per heavy atom. The molecule has 0 aromatic heterocycles. The molecule has 0 radical (unpaired) electrons. The van der Waals surface area contributed by atoms with Crippen molar-refractivity contribution in [3.63, 3.8) is 0 Å². The highest BCUT2D eigenvalue weighted by atomic mass is 16.7. The minimum Gasteiger partial charge on any atom is -0.467 e. The van der Waals surface area contributed by atoms with Gasteiger partial charge in [-0.2, -0.15) is 0 Å². The van der Waals surface area contributed by atoms with Gasteiger partial charge in [0, 0.05) is 18.2 Å². The largest absolute Gasteiger partial charge is 0.467 e. The SMILES string of the molecule is CCOCOc1cc(C)ccc1C(C)NC. The quantitative estimate of drug-likeness (QED) is 0.594. The van der Waals surface area contributed by atoms with E-state index >= 15 is 0 Å². The Morgan fingerprint density at radius 1 is 1.38 bits per heavy atom. The zero-order valence-corrected chi connectivity index (χ0v) is 10.5. The molecule has 0 saturated carbocycles. The lowest BCUT2D eigenvalue weighted by Crippen LogP contribution is -2.14. The first-order chi connectivity index (χ1) is 7.69. The topological polar surface area (TPSA) is 30.5 Å². The average Bonchev–Trinajstić information content (AvgIpc) is 2.29. The zero-order chi connectivity index (χ0) is 12.0. The number of hydrogen-bond acceptors (Lipinski definition) is 3. The van der Waals surface area contributed by atoms with Crippen LogP contribution in [0.5, 0.6) is 5.75 Å². The first kappa shape index (κ1) is 13.0. The monoisotopic (exact) mass is 223 g/mol. The fourth-order valence-electron chi connectivity index (χ4n) is 1.47. The maximum Gasteiger partial charge on any atom is 0.189 e. The summed E-state index contributed by atoms with van der Waals surface area (Å²) in [5.41, 5.74) is 2.35. The van der Waals surface area contributed by atoms with E-state index in [0.717, 1.165) is 11.3 Å². The predicted octanol–water partition coefficient (Wildman–Crippen LogP) is 2.65. The highest BCUT2D eigenvalue weighted by molar-refractivity contribution is 5.39. The van der Waals surface area contributed by atoms with Gasteiger partial charge in [0.25, 0.3) is 0 Å². The summed E-state index contributed by atoms with van der Waals surface area (Å²) in [6.45, 7) is 7.10. The molecule has 1 aromatic carbocycles. The molecule has 0 amide bonds. The highest BCUT2D eigenvalue weighted by Crippen LogP contribution is 2.26. The van der Waals surface area contributed by atoms with Crippen molar-refractivity contribution in [2.45, 2.75) is 26.8 Å². The molecular formula is C13H21NO2. The smallest absolute Gasteiger partial charge is 0.189 e. The summed E-state index contributed by atoms with van der Waals surface area (Å²) in [5, 5.41) is 3.21. The number of benzene rings is 1. The fraction of sp³-hybridized carbons (Fsp3) is 0.538. The van der Waals surface area contributed by atoms with Crippen LogP contribution in [0.2, 0.25) is 0 Å². The van der Waals surface area contributed by atoms with Crippen LogP contribution >= 0.6 is 0 Å². The number of rotatable bonds is 6. The van der Waals surface area contributed by atoms with Crippen LogP contribution in [0, 0.1) is 6.92 Å². The third-order valence-corrected chi connectivity index (χ3v) is 2.57. The molecular weight excluding hydrogens is 202 g/mol. The Bertz CT molecular complexity index is 326. The second kappa shape index (κ2) is 6.51. The van der Waals surface area contributed by atoms with E-state index in [0.29, 0.717) is 13.4 Å². The normalized spacial score (nSPS) is 12.5. The molecule has 90 valence electrons. The second-order valence-corrected chi connectivity index (χ2v) is 3.81. The van der Waals surface area contributed by atoms with E-state index in [-0.39, 0.29) is 6.04 Å². The lowest BCUT2D eigenvalue weighted by atomic mass is 10.1. The van der Waals surface area contributed by atoms with Gasteiger partial charge in [0.2, 0.25) is 0 Å². The Balaban J connectivity index is 2.81. The summed E-state index contributed by atoms with van der Waals surface area (Å²) in [5.74, 6) is 0.898. The Morgan fingerprint density at radius 2 is 2.12 bits per heavy atom. The van der Waals surface area contributed by atoms with Crippen LogP contribution in [0.4, 0.5) is 0 Å². The third kappa shape index (κ3) is 3.51. The third-order valence-electron chi connectivity index (χ3n) is 2.57. The maximum atomic E-state index is 5.62. The van der Waals surface area contributed by atoms with E-state index in [9.17, 15) is 0 Å². The van der Waals surface area contributed by atoms with Crippen LogP contribution in [0.3, 0.4) is 0 Å². The lowest BCUT2D eigenvalue weighted by Gasteiger charge is -2.17. The molecule has 1 atom stereocenters. The van der Waals surface area contributed by atoms with Crippen LogP contribution in [0.1, 0.15) is 31.0 Å². The van der Waals surface area contributed by atoms with E-state index in [1.165, 1.54) is 5.56 Å². The molecule has 0 saturated heterocycles. The molecule has 1 aromatic rings. The molecule has 3 heteroatoms. The lowest BCUT2D eigenvalue weighted by molar-refractivity contribution is 0.0216. The first-order valence-electron chi connectivity index (χ1n) is 5.67. The Hall–Kier alpha value is -1.06. The van der Waals surface area contributed by atoms with Crippen LogP contribution in [0.15, 0.2) is 18.2 Å². The molecule has 0 heterocycles. The molecule has 1 unspecified atom stereocenters. The number of aryl methyl sites for hydroxylation is 1. The molecule has 1 rings (SSSR count). The molecule has 3 nitrogen and oxygen atoms in total. The summed E-state index contributed by atoms with van der Waals surface area (Å²) in [6, 6.07) is 6.51. The highest BCUT2D eigenvalue weighted by Gasteiger charge is 2.09. The van der Waals surface area contributed by atoms with Crippen molar-refractivity contribution in [2.75, 3.05) is 20.4 Å². The van der Waals surface area contributed by atoms with Crippen molar-refractivity contribution in [1.29, 1.82) is 0 Å². The van der Waals surface area contributed by atoms with Crippen LogP contribution < -0.4 is 10.1 Å². The van der Waals surface area contributed by atoms with Gasteiger partial charge in [0.1, 0.15) is 5.75 Å². The van der Waals surface area contributed by atoms with Crippen molar-refractivity contribution >= 4 is 0 Å². The van der Waals surface area contributed by atoms with Crippen molar-refractivity contribution in [3.05, 3.63) is 29.3 Å². The van der Waals surface area contributed by atoms with E-state index in [2.05, 4.69) is 31.3 Å². The molecule has 0 spiro atoms. The molecule has 0 fully saturated rings. The minimum atomic E-state index is 0.275. The van der Waals surface area contributed by atoms with Gasteiger partial charge >= 0.3 is 0 Å². The van der Waals surface area contributed by atoms with E-state index in [1.807, 2.05) is 20.0 Å². The van der Waals surface area contributed by atoms with Crippen molar-refractivity contribution in [2.24, 2.45) is 0 Å². The van der Waals surface area contributed by atoms with Gasteiger partial charge in [0.15, 0.2) is 6.79 Å². The number of nitrogens with one attached hydrogen (secondary N) is 1. The maximum absolute atomic E-state index is 5.62. The van der Waals surface area contributed by atoms with E-state index < -0.39 is 0 Å². The van der Waals surface area contributed by atoms with Gasteiger partial charge in [-0.3, -0.25) is 0 Å². The summed E-state index contributed by atoms with van der Waals surface area (Å²) >= 11 is 0. The second-order valence-electron chi connectivity index (χ2n) is 3.81. The summed E-state index contributed by atoms with van der Waals surface area (Å²) in [4.78, 5) is 0. The summed E-state index contributed by atoms with van der Waals surface area (Å²) in [7, 11) is 1.94. The van der Waals surface area contributed by atoms with Gasteiger partial charge < -0.3 is 14.8 Å². The standard InChI is InChI=1S/C13H21NO2/c1-5-15-9-16-13-8-10(2)6-7-12(13)11(3)14-4/h6-8,11,14H,5,9H2,1-4H3. The number of hydrogen-bond donors (Lipinski definition) is 1. The molecule has 16 heavy (non-hydrogen) atoms. The number of ether oxygens (including phenoxy) is 2. The van der Waals surface area contributed by atoms with Crippen molar-refractivity contribution in [1.82, 2.24) is 5.32 Å². The van der Waals surface area contributed by atoms with Crippen molar-refractivity contribution in [3.8, 4) is 5.75 Å². The van der Waals surface area contributed by atoms with Gasteiger partial charge in [-0.25, -0.2) is 0 Å². The van der Waals surface area contributed by atoms with Crippen molar-refractivity contribution < 1.29 is 9.47 Å². The molecule has 0 aliphatic carbocycles. The minimum absolute atomic E-state index is 0.275. The molecule has 0 aliphatic heterocycles. The van der Waals surface area contributed by atoms with Gasteiger partial charge in [-0.1, -0.05) is 12.1 Å². The Labute approximate surface area is 97.8 Å². The molecule has 0 aliphatic rings. The predicted molar refractivity (Wildman–Crippen MR) is 65.8 cm³/mol. The van der Waals surface area contributed by atoms with Gasteiger partial charge in [-0.15, -0.1) is 0 Å². The van der Waals surface area contributed by atoms with Crippen LogP contribution in [-0.4, -0.2) is 20.4 Å². The summed E-state index contributed by atoms with van der Waals surface area (Å²) in [6.07, 6.45) is 0. The van der Waals surface area contributed by atoms with E-state index in [4.69, 9.17) is 9.47 Å². The average molecular weight is 223 g/mol. The van der Waals surface area contributed by atoms with Crippen LogP contribution in [0.25, 0.3) is 0 Å². The fourth-order valence-corrected chi connectivity index (χ4v) is 1.47. The zero-order valence-electron chi connectivity index (χ0n) is 10.5.